The molecule has 4 aromatic rings. The Morgan fingerprint density at radius 2 is 1.66 bits per heavy atom. The van der Waals surface area contributed by atoms with Gasteiger partial charge in [0, 0.05) is 83.0 Å². The lowest BCUT2D eigenvalue weighted by Gasteiger charge is -2.35. The van der Waals surface area contributed by atoms with E-state index in [0.29, 0.717) is 67.2 Å². The summed E-state index contributed by atoms with van der Waals surface area (Å²) in [5.74, 6) is -0.305. The second kappa shape index (κ2) is 15.8. The number of nitrogens with one attached hydrogen (secondary N) is 2. The zero-order chi connectivity index (χ0) is 39.7. The topological polar surface area (TPSA) is 182 Å². The van der Waals surface area contributed by atoms with Crippen molar-refractivity contribution in [3.63, 3.8) is 0 Å². The van der Waals surface area contributed by atoms with Gasteiger partial charge < -0.3 is 29.0 Å². The maximum Gasteiger partial charge on any atom is 0.266 e. The summed E-state index contributed by atoms with van der Waals surface area (Å²) in [5, 5.41) is 6.44. The fourth-order valence-electron chi connectivity index (χ4n) is 7.57. The normalized spacial score (nSPS) is 17.2. The predicted molar refractivity (Wildman–Crippen MR) is 205 cm³/mol. The summed E-state index contributed by atoms with van der Waals surface area (Å²) in [7, 11) is 6.70. The van der Waals surface area contributed by atoms with Gasteiger partial charge in [-0.05, 0) is 48.7 Å². The van der Waals surface area contributed by atoms with E-state index in [2.05, 4.69) is 20.5 Å². The second-order valence-corrected chi connectivity index (χ2v) is 13.9. The highest BCUT2D eigenvalue weighted by Gasteiger charge is 2.46. The number of anilines is 1. The van der Waals surface area contributed by atoms with Crippen molar-refractivity contribution in [1.29, 1.82) is 0 Å². The Bertz CT molecular complexity index is 2290. The fraction of sp³-hybridized carbons (Fsp3) is 0.375. The molecule has 3 aliphatic heterocycles. The van der Waals surface area contributed by atoms with E-state index in [1.807, 2.05) is 17.0 Å². The number of fused-ring (bicyclic) bond motifs is 2. The number of methoxy groups -OCH3 is 2. The monoisotopic (exact) mass is 765 g/mol. The quantitative estimate of drug-likeness (QED) is 0.159. The van der Waals surface area contributed by atoms with Crippen LogP contribution in [0.2, 0.25) is 0 Å². The number of pyridine rings is 2. The third kappa shape index (κ3) is 7.14. The van der Waals surface area contributed by atoms with E-state index < -0.39 is 29.7 Å². The van der Waals surface area contributed by atoms with Gasteiger partial charge in [-0.3, -0.25) is 43.9 Å². The number of carbonyl (C=O) groups is 5. The van der Waals surface area contributed by atoms with Crippen LogP contribution >= 0.6 is 0 Å². The van der Waals surface area contributed by atoms with Gasteiger partial charge in [0.15, 0.2) is 0 Å². The van der Waals surface area contributed by atoms with Crippen LogP contribution in [0.1, 0.15) is 52.0 Å². The number of imide groups is 2. The minimum Gasteiger partial charge on any atom is -0.496 e. The van der Waals surface area contributed by atoms with Crippen molar-refractivity contribution in [3.8, 4) is 28.4 Å². The molecule has 56 heavy (non-hydrogen) atoms. The molecule has 0 saturated carbocycles. The molecule has 2 aromatic carbocycles. The van der Waals surface area contributed by atoms with E-state index in [4.69, 9.17) is 14.2 Å². The molecule has 16 heteroatoms. The highest BCUT2D eigenvalue weighted by molar-refractivity contribution is 6.24. The van der Waals surface area contributed by atoms with E-state index in [-0.39, 0.29) is 54.2 Å². The largest absolute Gasteiger partial charge is 0.496 e. The Labute approximate surface area is 322 Å². The highest BCUT2D eigenvalue weighted by atomic mass is 16.5. The number of aryl methyl sites for hydroxylation is 1. The van der Waals surface area contributed by atoms with Crippen molar-refractivity contribution in [1.82, 2.24) is 29.6 Å². The zero-order valence-corrected chi connectivity index (χ0v) is 31.7. The Morgan fingerprint density at radius 3 is 2.34 bits per heavy atom. The van der Waals surface area contributed by atoms with Crippen molar-refractivity contribution in [3.05, 3.63) is 75.8 Å². The smallest absolute Gasteiger partial charge is 0.266 e. The molecule has 3 aliphatic rings. The molecule has 0 bridgehead atoms. The van der Waals surface area contributed by atoms with Gasteiger partial charge in [0.05, 0.1) is 42.9 Å². The van der Waals surface area contributed by atoms with Crippen LogP contribution in [0.4, 0.5) is 5.82 Å². The molecule has 0 spiro atoms. The van der Waals surface area contributed by atoms with E-state index >= 15 is 0 Å². The van der Waals surface area contributed by atoms with Crippen molar-refractivity contribution >= 4 is 46.1 Å². The van der Waals surface area contributed by atoms with E-state index in [1.54, 1.807) is 63.5 Å². The molecule has 0 aliphatic carbocycles. The SMILES string of the molecule is CNc1cc2c(=O)n(C)cc(-c3cc(OC)c(CN4CCN(C(=O)CCCOc5cccc6c5C(=O)N(C5CCC(=O)NC5=O)C6=O)CC4)c(OC)c3)c2cn1. The molecular weight excluding hydrogens is 722 g/mol. The molecule has 2 aromatic heterocycles. The molecule has 2 N–H and O–H groups in total. The number of carbonyl (C=O) groups excluding carboxylic acids is 5. The van der Waals surface area contributed by atoms with Crippen LogP contribution < -0.4 is 30.4 Å². The standard InChI is InChI=1S/C40H43N7O9/c1-41-33-19-25-26(20-42-33)27(21-44(2)38(25)51)23-17-31(54-3)28(32(18-23)55-4)22-45-12-14-46(15-13-45)35(49)9-6-16-56-30-8-5-7-24-36(30)40(53)47(39(24)52)29-10-11-34(48)43-37(29)50/h5,7-8,17-21,29H,6,9-16,22H2,1-4H3,(H,41,42)(H,43,48,50). The van der Waals surface area contributed by atoms with Crippen LogP contribution in [-0.2, 0) is 28.0 Å². The molecule has 5 heterocycles. The number of aromatic nitrogens is 2. The van der Waals surface area contributed by atoms with Crippen LogP contribution in [0.15, 0.2) is 53.6 Å². The molecule has 2 fully saturated rings. The van der Waals surface area contributed by atoms with E-state index in [9.17, 15) is 28.8 Å². The zero-order valence-electron chi connectivity index (χ0n) is 31.7. The summed E-state index contributed by atoms with van der Waals surface area (Å²) in [6.07, 6.45) is 4.20. The first-order valence-electron chi connectivity index (χ1n) is 18.4. The van der Waals surface area contributed by atoms with Crippen molar-refractivity contribution in [2.75, 3.05) is 59.4 Å². The molecule has 1 atom stereocenters. The molecule has 7 rings (SSSR count). The summed E-state index contributed by atoms with van der Waals surface area (Å²) in [5.41, 5.74) is 2.58. The Hall–Kier alpha value is -6.29. The van der Waals surface area contributed by atoms with Gasteiger partial charge in [0.1, 0.15) is 29.1 Å². The van der Waals surface area contributed by atoms with Crippen LogP contribution in [0.5, 0.6) is 17.2 Å². The van der Waals surface area contributed by atoms with Crippen LogP contribution in [0.25, 0.3) is 21.9 Å². The van der Waals surface area contributed by atoms with Gasteiger partial charge in [0.25, 0.3) is 17.4 Å². The lowest BCUT2D eigenvalue weighted by atomic mass is 9.99. The average molecular weight is 766 g/mol. The third-order valence-corrected chi connectivity index (χ3v) is 10.6. The number of piperazine rings is 1. The minimum atomic E-state index is -1.07. The Kier molecular flexibility index (Phi) is 10.7. The maximum atomic E-state index is 13.3. The third-order valence-electron chi connectivity index (χ3n) is 10.6. The second-order valence-electron chi connectivity index (χ2n) is 13.9. The van der Waals surface area contributed by atoms with Gasteiger partial charge in [0.2, 0.25) is 17.7 Å². The molecular formula is C40H43N7O9. The Balaban J connectivity index is 0.947. The number of ether oxygens (including phenoxy) is 3. The van der Waals surface area contributed by atoms with E-state index in [0.717, 1.165) is 21.6 Å². The average Bonchev–Trinajstić information content (AvgIpc) is 3.46. The number of benzene rings is 2. The summed E-state index contributed by atoms with van der Waals surface area (Å²) in [6, 6.07) is 9.25. The van der Waals surface area contributed by atoms with Crippen molar-refractivity contribution in [2.24, 2.45) is 7.05 Å². The minimum absolute atomic E-state index is 0.0119. The van der Waals surface area contributed by atoms with Gasteiger partial charge in [-0.15, -0.1) is 0 Å². The Morgan fingerprint density at radius 1 is 0.929 bits per heavy atom. The summed E-state index contributed by atoms with van der Waals surface area (Å²) in [6.45, 7) is 3.02. The van der Waals surface area contributed by atoms with Crippen molar-refractivity contribution < 1.29 is 38.2 Å². The molecule has 16 nitrogen and oxygen atoms in total. The summed E-state index contributed by atoms with van der Waals surface area (Å²) >= 11 is 0. The van der Waals surface area contributed by atoms with Crippen LogP contribution in [0.3, 0.4) is 0 Å². The van der Waals surface area contributed by atoms with Gasteiger partial charge >= 0.3 is 0 Å². The molecule has 5 amide bonds. The fourth-order valence-corrected chi connectivity index (χ4v) is 7.57. The highest BCUT2D eigenvalue weighted by Crippen LogP contribution is 2.38. The lowest BCUT2D eigenvalue weighted by Crippen LogP contribution is -2.54. The van der Waals surface area contributed by atoms with Crippen LogP contribution in [0, 0.1) is 0 Å². The summed E-state index contributed by atoms with van der Waals surface area (Å²) in [4.78, 5) is 86.1. The first kappa shape index (κ1) is 38.0. The number of hydrogen-bond acceptors (Lipinski definition) is 12. The first-order chi connectivity index (χ1) is 27.0. The first-order valence-corrected chi connectivity index (χ1v) is 18.4. The summed E-state index contributed by atoms with van der Waals surface area (Å²) < 4.78 is 19.2. The number of hydrogen-bond donors (Lipinski definition) is 2. The number of nitrogens with zero attached hydrogens (tertiary/aromatic N) is 5. The van der Waals surface area contributed by atoms with Gasteiger partial charge in [-0.25, -0.2) is 4.98 Å². The molecule has 1 unspecified atom stereocenters. The lowest BCUT2D eigenvalue weighted by molar-refractivity contribution is -0.136. The number of amides is 5. The maximum absolute atomic E-state index is 13.3. The number of rotatable bonds is 12. The van der Waals surface area contributed by atoms with Gasteiger partial charge in [-0.2, -0.15) is 0 Å². The molecule has 0 radical (unpaired) electrons. The van der Waals surface area contributed by atoms with Crippen LogP contribution in [-0.4, -0.2) is 114 Å². The number of piperidine rings is 1. The molecule has 292 valence electrons. The molecule has 2 saturated heterocycles. The van der Waals surface area contributed by atoms with Gasteiger partial charge in [-0.1, -0.05) is 6.07 Å². The predicted octanol–water partition coefficient (Wildman–Crippen LogP) is 2.56. The van der Waals surface area contributed by atoms with Crippen molar-refractivity contribution in [2.45, 2.75) is 38.3 Å². The van der Waals surface area contributed by atoms with E-state index in [1.165, 1.54) is 6.07 Å².